The maximum absolute atomic E-state index is 12.4. The van der Waals surface area contributed by atoms with Crippen molar-refractivity contribution in [1.82, 2.24) is 10.3 Å². The fraction of sp³-hybridized carbons (Fsp3) is 0.273. The first-order valence-electron chi connectivity index (χ1n) is 9.61. The van der Waals surface area contributed by atoms with Crippen LogP contribution in [0.2, 0.25) is 10.0 Å². The molecule has 0 spiro atoms. The summed E-state index contributed by atoms with van der Waals surface area (Å²) in [6.07, 6.45) is 2.12. The Morgan fingerprint density at radius 2 is 2.13 bits per heavy atom. The molecule has 0 bridgehead atoms. The minimum Gasteiger partial charge on any atom is -0.488 e. The zero-order valence-electron chi connectivity index (χ0n) is 16.1. The van der Waals surface area contributed by atoms with E-state index in [4.69, 9.17) is 32.7 Å². The Hall–Kier alpha value is -2.12. The van der Waals surface area contributed by atoms with Gasteiger partial charge in [-0.05, 0) is 37.1 Å². The van der Waals surface area contributed by atoms with Crippen LogP contribution in [0.3, 0.4) is 0 Å². The Bertz CT molecular complexity index is 1030. The monoisotopic (exact) mass is 462 g/mol. The van der Waals surface area contributed by atoms with Crippen molar-refractivity contribution in [3.8, 4) is 16.3 Å². The molecule has 5 nitrogen and oxygen atoms in total. The van der Waals surface area contributed by atoms with Crippen LogP contribution in [0.25, 0.3) is 10.6 Å². The number of carbonyl (C=O) groups excluding carboxylic acids is 1. The van der Waals surface area contributed by atoms with Crippen LogP contribution in [-0.2, 0) is 11.3 Å². The fourth-order valence-corrected chi connectivity index (χ4v) is 4.46. The quantitative estimate of drug-likeness (QED) is 0.495. The molecule has 0 radical (unpaired) electrons. The van der Waals surface area contributed by atoms with Gasteiger partial charge in [-0.15, -0.1) is 11.3 Å². The first-order chi connectivity index (χ1) is 14.6. The van der Waals surface area contributed by atoms with Crippen LogP contribution in [0.5, 0.6) is 5.75 Å². The Morgan fingerprint density at radius 3 is 2.93 bits per heavy atom. The van der Waals surface area contributed by atoms with Gasteiger partial charge in [-0.2, -0.15) is 0 Å². The van der Waals surface area contributed by atoms with Crippen molar-refractivity contribution < 1.29 is 14.3 Å². The summed E-state index contributed by atoms with van der Waals surface area (Å²) in [5, 5.41) is 6.51. The van der Waals surface area contributed by atoms with E-state index in [0.29, 0.717) is 34.6 Å². The normalized spacial score (nSPS) is 15.9. The molecule has 1 atom stereocenters. The Morgan fingerprint density at radius 1 is 1.27 bits per heavy atom. The number of thiazole rings is 1. The fourth-order valence-electron chi connectivity index (χ4n) is 3.17. The van der Waals surface area contributed by atoms with Crippen LogP contribution in [0.4, 0.5) is 0 Å². The van der Waals surface area contributed by atoms with Crippen molar-refractivity contribution in [2.75, 3.05) is 13.2 Å². The molecule has 2 aromatic carbocycles. The van der Waals surface area contributed by atoms with Gasteiger partial charge < -0.3 is 14.8 Å². The SMILES string of the molecule is O=C(NC[C@H]1CCCO1)c1csc(-c2ccccc2OCc2ccc(Cl)cc2Cl)n1. The van der Waals surface area contributed by atoms with Gasteiger partial charge >= 0.3 is 0 Å². The maximum atomic E-state index is 12.4. The molecule has 1 amide bonds. The zero-order chi connectivity index (χ0) is 20.9. The van der Waals surface area contributed by atoms with Gasteiger partial charge in [0.25, 0.3) is 5.91 Å². The van der Waals surface area contributed by atoms with E-state index in [0.717, 1.165) is 35.6 Å². The molecule has 2 heterocycles. The number of halogens is 2. The molecular weight excluding hydrogens is 443 g/mol. The van der Waals surface area contributed by atoms with Crippen LogP contribution >= 0.6 is 34.5 Å². The van der Waals surface area contributed by atoms with Gasteiger partial charge in [0.15, 0.2) is 0 Å². The molecule has 1 aromatic heterocycles. The van der Waals surface area contributed by atoms with Crippen LogP contribution in [-0.4, -0.2) is 30.1 Å². The van der Waals surface area contributed by atoms with Crippen LogP contribution in [0.15, 0.2) is 47.8 Å². The van der Waals surface area contributed by atoms with E-state index in [1.165, 1.54) is 11.3 Å². The number of ether oxygens (including phenoxy) is 2. The molecule has 0 unspecified atom stereocenters. The van der Waals surface area contributed by atoms with Gasteiger partial charge in [0.2, 0.25) is 0 Å². The summed E-state index contributed by atoms with van der Waals surface area (Å²) in [6, 6.07) is 12.9. The number of benzene rings is 2. The molecular formula is C22H20Cl2N2O3S. The number of para-hydroxylation sites is 1. The smallest absolute Gasteiger partial charge is 0.270 e. The minimum atomic E-state index is -0.195. The summed E-state index contributed by atoms with van der Waals surface area (Å²) in [5.41, 5.74) is 2.05. The lowest BCUT2D eigenvalue weighted by atomic mass is 10.2. The molecule has 0 aliphatic carbocycles. The van der Waals surface area contributed by atoms with Crippen molar-refractivity contribution in [2.24, 2.45) is 0 Å². The molecule has 1 aliphatic heterocycles. The first-order valence-corrected chi connectivity index (χ1v) is 11.2. The summed E-state index contributed by atoms with van der Waals surface area (Å²) in [4.78, 5) is 16.9. The number of amides is 1. The summed E-state index contributed by atoms with van der Waals surface area (Å²) in [5.74, 6) is 0.475. The van der Waals surface area contributed by atoms with Crippen molar-refractivity contribution in [3.63, 3.8) is 0 Å². The molecule has 0 saturated carbocycles. The van der Waals surface area contributed by atoms with Gasteiger partial charge in [-0.25, -0.2) is 4.98 Å². The predicted octanol–water partition coefficient (Wildman–Crippen LogP) is 5.60. The zero-order valence-corrected chi connectivity index (χ0v) is 18.4. The van der Waals surface area contributed by atoms with Crippen molar-refractivity contribution >= 4 is 40.4 Å². The van der Waals surface area contributed by atoms with Crippen molar-refractivity contribution in [2.45, 2.75) is 25.6 Å². The number of nitrogens with one attached hydrogen (secondary N) is 1. The summed E-state index contributed by atoms with van der Waals surface area (Å²) >= 11 is 13.6. The number of rotatable bonds is 7. The van der Waals surface area contributed by atoms with Crippen molar-refractivity contribution in [1.29, 1.82) is 0 Å². The predicted molar refractivity (Wildman–Crippen MR) is 120 cm³/mol. The van der Waals surface area contributed by atoms with E-state index in [1.54, 1.807) is 17.5 Å². The molecule has 1 fully saturated rings. The molecule has 1 N–H and O–H groups in total. The number of hydrogen-bond donors (Lipinski definition) is 1. The standard InChI is InChI=1S/C22H20Cl2N2O3S/c23-15-8-7-14(18(24)10-15)12-29-20-6-2-1-5-17(20)22-26-19(13-30-22)21(27)25-11-16-4-3-9-28-16/h1-2,5-8,10,13,16H,3-4,9,11-12H2,(H,25,27)/t16-/m1/s1. The van der Waals surface area contributed by atoms with Gasteiger partial charge in [0.05, 0.1) is 11.7 Å². The Balaban J connectivity index is 1.45. The van der Waals surface area contributed by atoms with E-state index in [2.05, 4.69) is 10.3 Å². The molecule has 1 aliphatic rings. The van der Waals surface area contributed by atoms with Crippen LogP contribution < -0.4 is 10.1 Å². The van der Waals surface area contributed by atoms with Crippen LogP contribution in [0, 0.1) is 0 Å². The van der Waals surface area contributed by atoms with E-state index >= 15 is 0 Å². The molecule has 3 aromatic rings. The third-order valence-corrected chi connectivity index (χ3v) is 6.23. The van der Waals surface area contributed by atoms with Gasteiger partial charge in [0, 0.05) is 34.1 Å². The van der Waals surface area contributed by atoms with E-state index in [1.807, 2.05) is 30.3 Å². The second-order valence-electron chi connectivity index (χ2n) is 6.90. The largest absolute Gasteiger partial charge is 0.488 e. The summed E-state index contributed by atoms with van der Waals surface area (Å²) in [6.45, 7) is 1.57. The summed E-state index contributed by atoms with van der Waals surface area (Å²) < 4.78 is 11.5. The topological polar surface area (TPSA) is 60.5 Å². The highest BCUT2D eigenvalue weighted by Crippen LogP contribution is 2.33. The third kappa shape index (κ3) is 5.13. The highest BCUT2D eigenvalue weighted by molar-refractivity contribution is 7.13. The van der Waals surface area contributed by atoms with Gasteiger partial charge in [-0.3, -0.25) is 4.79 Å². The molecule has 4 rings (SSSR count). The minimum absolute atomic E-state index is 0.0980. The second kappa shape index (κ2) is 9.79. The third-order valence-electron chi connectivity index (χ3n) is 4.77. The number of carbonyl (C=O) groups is 1. The maximum Gasteiger partial charge on any atom is 0.270 e. The number of aromatic nitrogens is 1. The Kier molecular flexibility index (Phi) is 6.89. The highest BCUT2D eigenvalue weighted by Gasteiger charge is 2.19. The van der Waals surface area contributed by atoms with Gasteiger partial charge in [-0.1, -0.05) is 41.4 Å². The van der Waals surface area contributed by atoms with E-state index in [9.17, 15) is 4.79 Å². The molecule has 156 valence electrons. The lowest BCUT2D eigenvalue weighted by Gasteiger charge is -2.11. The lowest BCUT2D eigenvalue weighted by Crippen LogP contribution is -2.31. The average molecular weight is 463 g/mol. The molecule has 8 heteroatoms. The Labute approximate surface area is 188 Å². The highest BCUT2D eigenvalue weighted by atomic mass is 35.5. The second-order valence-corrected chi connectivity index (χ2v) is 8.61. The number of hydrogen-bond acceptors (Lipinski definition) is 5. The van der Waals surface area contributed by atoms with E-state index < -0.39 is 0 Å². The number of nitrogens with zero attached hydrogens (tertiary/aromatic N) is 1. The average Bonchev–Trinajstić information content (AvgIpc) is 3.44. The lowest BCUT2D eigenvalue weighted by molar-refractivity contribution is 0.0854. The van der Waals surface area contributed by atoms with Crippen LogP contribution in [0.1, 0.15) is 28.9 Å². The molecule has 30 heavy (non-hydrogen) atoms. The molecule has 1 saturated heterocycles. The van der Waals surface area contributed by atoms with Crippen molar-refractivity contribution in [3.05, 3.63) is 69.1 Å². The first kappa shape index (κ1) is 21.1. The van der Waals surface area contributed by atoms with Gasteiger partial charge in [0.1, 0.15) is 23.1 Å². The summed E-state index contributed by atoms with van der Waals surface area (Å²) in [7, 11) is 0. The van der Waals surface area contributed by atoms with E-state index in [-0.39, 0.29) is 12.0 Å².